The van der Waals surface area contributed by atoms with Gasteiger partial charge in [0.2, 0.25) is 0 Å². The molecule has 0 saturated carbocycles. The number of hydrogen-bond acceptors (Lipinski definition) is 4. The Morgan fingerprint density at radius 1 is 1.53 bits per heavy atom. The zero-order valence-electron chi connectivity index (χ0n) is 9.08. The number of aryl methyl sites for hydroxylation is 1. The van der Waals surface area contributed by atoms with E-state index < -0.39 is 0 Å². The van der Waals surface area contributed by atoms with Crippen molar-refractivity contribution >= 4 is 27.3 Å². The molecule has 0 saturated heterocycles. The van der Waals surface area contributed by atoms with E-state index in [9.17, 15) is 4.39 Å². The number of nitrogens with zero attached hydrogens (tertiary/aromatic N) is 1. The molecule has 1 aromatic heterocycles. The lowest BCUT2D eigenvalue weighted by atomic mass is 10.0. The highest BCUT2D eigenvalue weighted by atomic mass is 79.9. The van der Waals surface area contributed by atoms with E-state index in [1.807, 2.05) is 6.92 Å². The van der Waals surface area contributed by atoms with E-state index in [-0.39, 0.29) is 11.9 Å². The molecule has 6 heteroatoms. The highest BCUT2D eigenvalue weighted by molar-refractivity contribution is 9.10. The van der Waals surface area contributed by atoms with Crippen LogP contribution in [0.5, 0.6) is 0 Å². The van der Waals surface area contributed by atoms with Crippen LogP contribution in [0.15, 0.2) is 28.2 Å². The molecule has 0 radical (unpaired) electrons. The Hall–Kier alpha value is -0.820. The number of hydrazine groups is 1. The summed E-state index contributed by atoms with van der Waals surface area (Å²) in [5, 5.41) is 0. The molecule has 0 bridgehead atoms. The maximum atomic E-state index is 13.8. The Morgan fingerprint density at radius 2 is 2.29 bits per heavy atom. The fraction of sp³-hybridized carbons (Fsp3) is 0.182. The second-order valence-corrected chi connectivity index (χ2v) is 5.37. The summed E-state index contributed by atoms with van der Waals surface area (Å²) in [6.45, 7) is 1.88. The van der Waals surface area contributed by atoms with Gasteiger partial charge in [-0.1, -0.05) is 15.9 Å². The number of benzene rings is 1. The Bertz CT molecular complexity index is 529. The molecule has 3 nitrogen and oxygen atoms in total. The van der Waals surface area contributed by atoms with Crippen LogP contribution in [0.2, 0.25) is 0 Å². The van der Waals surface area contributed by atoms with Gasteiger partial charge in [0, 0.05) is 10.0 Å². The van der Waals surface area contributed by atoms with Crippen LogP contribution < -0.4 is 11.3 Å². The van der Waals surface area contributed by atoms with Gasteiger partial charge in [-0.2, -0.15) is 0 Å². The largest absolute Gasteiger partial charge is 0.271 e. The first-order valence-corrected chi connectivity index (χ1v) is 6.61. The Morgan fingerprint density at radius 3 is 2.88 bits per heavy atom. The fourth-order valence-corrected chi connectivity index (χ4v) is 2.89. The van der Waals surface area contributed by atoms with Crippen molar-refractivity contribution in [1.82, 2.24) is 10.4 Å². The van der Waals surface area contributed by atoms with E-state index in [1.165, 1.54) is 17.4 Å². The van der Waals surface area contributed by atoms with Gasteiger partial charge >= 0.3 is 0 Å². The molecule has 2 aromatic rings. The summed E-state index contributed by atoms with van der Waals surface area (Å²) >= 11 is 4.78. The molecule has 17 heavy (non-hydrogen) atoms. The number of nitrogens with one attached hydrogen (secondary N) is 1. The summed E-state index contributed by atoms with van der Waals surface area (Å²) < 4.78 is 14.6. The summed E-state index contributed by atoms with van der Waals surface area (Å²) in [6, 6.07) is 4.42. The Kier molecular flexibility index (Phi) is 3.88. The minimum Gasteiger partial charge on any atom is -0.271 e. The Labute approximate surface area is 111 Å². The topological polar surface area (TPSA) is 50.9 Å². The van der Waals surface area contributed by atoms with Gasteiger partial charge in [-0.3, -0.25) is 5.84 Å². The average molecular weight is 316 g/mol. The molecule has 0 aliphatic rings. The summed E-state index contributed by atoms with van der Waals surface area (Å²) in [4.78, 5) is 5.07. The fourth-order valence-electron chi connectivity index (χ4n) is 1.63. The molecule has 0 aliphatic carbocycles. The van der Waals surface area contributed by atoms with Crippen molar-refractivity contribution in [2.45, 2.75) is 13.0 Å². The van der Waals surface area contributed by atoms with Gasteiger partial charge in [0.15, 0.2) is 0 Å². The number of rotatable bonds is 3. The molecule has 0 spiro atoms. The second kappa shape index (κ2) is 5.22. The maximum Gasteiger partial charge on any atom is 0.128 e. The van der Waals surface area contributed by atoms with Gasteiger partial charge < -0.3 is 0 Å². The van der Waals surface area contributed by atoms with Crippen molar-refractivity contribution in [3.05, 3.63) is 50.1 Å². The number of hydrogen-bond donors (Lipinski definition) is 2. The molecule has 0 amide bonds. The van der Waals surface area contributed by atoms with Crippen molar-refractivity contribution in [3.63, 3.8) is 0 Å². The zero-order valence-corrected chi connectivity index (χ0v) is 11.5. The second-order valence-electron chi connectivity index (χ2n) is 3.57. The number of aromatic nitrogens is 1. The number of nitrogens with two attached hydrogens (primary N) is 1. The SMILES string of the molecule is Cc1ncsc1C(NN)c1cc(Br)ccc1F. The van der Waals surface area contributed by atoms with Crippen molar-refractivity contribution in [2.24, 2.45) is 5.84 Å². The summed E-state index contributed by atoms with van der Waals surface area (Å²) in [5.74, 6) is 5.24. The lowest BCUT2D eigenvalue weighted by Gasteiger charge is -2.16. The van der Waals surface area contributed by atoms with Crippen LogP contribution in [0, 0.1) is 12.7 Å². The van der Waals surface area contributed by atoms with Crippen molar-refractivity contribution in [3.8, 4) is 0 Å². The van der Waals surface area contributed by atoms with Gasteiger partial charge in [0.25, 0.3) is 0 Å². The average Bonchev–Trinajstić information content (AvgIpc) is 2.71. The molecule has 0 aliphatic heterocycles. The third kappa shape index (κ3) is 2.55. The highest BCUT2D eigenvalue weighted by Crippen LogP contribution is 2.30. The summed E-state index contributed by atoms with van der Waals surface area (Å²) in [6.07, 6.45) is 0. The minimum atomic E-state index is -0.375. The normalized spacial score (nSPS) is 12.7. The van der Waals surface area contributed by atoms with E-state index >= 15 is 0 Å². The van der Waals surface area contributed by atoms with E-state index in [1.54, 1.807) is 17.6 Å². The third-order valence-corrected chi connectivity index (χ3v) is 3.97. The van der Waals surface area contributed by atoms with Crippen LogP contribution in [0.25, 0.3) is 0 Å². The minimum absolute atomic E-state index is 0.288. The predicted octanol–water partition coefficient (Wildman–Crippen LogP) is 2.91. The molecule has 2 rings (SSSR count). The summed E-state index contributed by atoms with van der Waals surface area (Å²) in [5.41, 5.74) is 5.73. The molecule has 1 unspecified atom stereocenters. The van der Waals surface area contributed by atoms with Crippen LogP contribution >= 0.6 is 27.3 Å². The molecule has 3 N–H and O–H groups in total. The van der Waals surface area contributed by atoms with Crippen molar-refractivity contribution < 1.29 is 4.39 Å². The first-order valence-electron chi connectivity index (χ1n) is 4.94. The monoisotopic (exact) mass is 315 g/mol. The van der Waals surface area contributed by atoms with Gasteiger partial charge in [0.1, 0.15) is 5.82 Å². The molecule has 0 fully saturated rings. The number of halogens is 2. The quantitative estimate of drug-likeness (QED) is 0.676. The molecule has 1 heterocycles. The van der Waals surface area contributed by atoms with Crippen LogP contribution in [0.1, 0.15) is 22.2 Å². The lowest BCUT2D eigenvalue weighted by molar-refractivity contribution is 0.562. The molecule has 1 atom stereocenters. The molecule has 1 aromatic carbocycles. The van der Waals surface area contributed by atoms with Crippen LogP contribution in [-0.2, 0) is 0 Å². The van der Waals surface area contributed by atoms with E-state index in [0.29, 0.717) is 5.56 Å². The van der Waals surface area contributed by atoms with Crippen molar-refractivity contribution in [2.75, 3.05) is 0 Å². The van der Waals surface area contributed by atoms with Gasteiger partial charge in [0.05, 0.1) is 22.1 Å². The van der Waals surface area contributed by atoms with E-state index in [4.69, 9.17) is 5.84 Å². The number of thiazole rings is 1. The standard InChI is InChI=1S/C11H11BrFN3S/c1-6-11(17-5-15-6)10(16-14)8-4-7(12)2-3-9(8)13/h2-5,10,16H,14H2,1H3. The van der Waals surface area contributed by atoms with E-state index in [0.717, 1.165) is 15.0 Å². The highest BCUT2D eigenvalue weighted by Gasteiger charge is 2.20. The summed E-state index contributed by atoms with van der Waals surface area (Å²) in [7, 11) is 0. The van der Waals surface area contributed by atoms with Crippen LogP contribution in [0.3, 0.4) is 0 Å². The van der Waals surface area contributed by atoms with Gasteiger partial charge in [-0.25, -0.2) is 14.8 Å². The van der Waals surface area contributed by atoms with Crippen LogP contribution in [0.4, 0.5) is 4.39 Å². The zero-order chi connectivity index (χ0) is 12.4. The van der Waals surface area contributed by atoms with Crippen LogP contribution in [-0.4, -0.2) is 4.98 Å². The smallest absolute Gasteiger partial charge is 0.128 e. The maximum absolute atomic E-state index is 13.8. The first-order chi connectivity index (χ1) is 8.13. The van der Waals surface area contributed by atoms with Crippen molar-refractivity contribution in [1.29, 1.82) is 0 Å². The third-order valence-electron chi connectivity index (χ3n) is 2.48. The molecular formula is C11H11BrFN3S. The lowest BCUT2D eigenvalue weighted by Crippen LogP contribution is -2.29. The van der Waals surface area contributed by atoms with Gasteiger partial charge in [-0.15, -0.1) is 11.3 Å². The first kappa shape index (κ1) is 12.6. The van der Waals surface area contributed by atoms with Gasteiger partial charge in [-0.05, 0) is 25.1 Å². The molecular weight excluding hydrogens is 305 g/mol. The van der Waals surface area contributed by atoms with E-state index in [2.05, 4.69) is 26.3 Å². The predicted molar refractivity (Wildman–Crippen MR) is 70.1 cm³/mol. The molecule has 90 valence electrons. The Balaban J connectivity index is 2.49.